The van der Waals surface area contributed by atoms with E-state index in [1.54, 1.807) is 0 Å². The molecule has 0 spiro atoms. The second-order valence-corrected chi connectivity index (χ2v) is 28.4. The van der Waals surface area contributed by atoms with Gasteiger partial charge in [0.2, 0.25) is 0 Å². The average molecular weight is 1210 g/mol. The Morgan fingerprint density at radius 2 is 0.989 bits per heavy atom. The molecular formula is C81H117N3O5. The van der Waals surface area contributed by atoms with E-state index in [4.69, 9.17) is 18.9 Å². The molecule has 0 N–H and O–H groups in total. The normalized spacial score (nSPS) is 25.1. The molecule has 89 heavy (non-hydrogen) atoms. The highest BCUT2D eigenvalue weighted by Gasteiger charge is 2.66. The molecule has 0 saturated heterocycles. The quantitative estimate of drug-likeness (QED) is 0.0363. The molecule has 0 heterocycles. The summed E-state index contributed by atoms with van der Waals surface area (Å²) in [7, 11) is 0. The van der Waals surface area contributed by atoms with E-state index in [2.05, 4.69) is 183 Å². The van der Waals surface area contributed by atoms with Gasteiger partial charge in [-0.1, -0.05) is 244 Å². The summed E-state index contributed by atoms with van der Waals surface area (Å²) in [5.74, 6) is 3.19. The maximum Gasteiger partial charge on any atom is 0.410 e. The van der Waals surface area contributed by atoms with E-state index in [-0.39, 0.29) is 35.2 Å². The lowest BCUT2D eigenvalue weighted by Crippen LogP contribution is -2.63. The molecule has 4 fully saturated rings. The lowest BCUT2D eigenvalue weighted by molar-refractivity contribution is -0.227. The summed E-state index contributed by atoms with van der Waals surface area (Å²) in [6.07, 6.45) is 26.7. The highest BCUT2D eigenvalue weighted by molar-refractivity contribution is 5.67. The van der Waals surface area contributed by atoms with Crippen LogP contribution in [0, 0.1) is 46.3 Å². The molecule has 8 nitrogen and oxygen atoms in total. The first-order valence-corrected chi connectivity index (χ1v) is 36.0. The molecular weight excluding hydrogens is 1090 g/mol. The smallest absolute Gasteiger partial charge is 0.410 e. The Morgan fingerprint density at radius 3 is 1.52 bits per heavy atom. The maximum absolute atomic E-state index is 14.0. The highest BCUT2D eigenvalue weighted by Crippen LogP contribution is 2.69. The lowest BCUT2D eigenvalue weighted by Gasteiger charge is -2.65. The van der Waals surface area contributed by atoms with Crippen LogP contribution in [0.1, 0.15) is 204 Å². The maximum atomic E-state index is 14.0. The fraction of sp³-hybridized carbons (Fsp3) is 0.617. The summed E-state index contributed by atoms with van der Waals surface area (Å²) in [4.78, 5) is 21.3. The molecule has 4 aliphatic rings. The Kier molecular flexibility index (Phi) is 28.0. The molecule has 4 unspecified atom stereocenters. The summed E-state index contributed by atoms with van der Waals surface area (Å²) < 4.78 is 28.0. The van der Waals surface area contributed by atoms with Crippen molar-refractivity contribution in [3.63, 3.8) is 0 Å². The van der Waals surface area contributed by atoms with Gasteiger partial charge in [0.05, 0.1) is 18.3 Å². The minimum absolute atomic E-state index is 0.0187. The van der Waals surface area contributed by atoms with Gasteiger partial charge in [-0.3, -0.25) is 9.80 Å². The second kappa shape index (κ2) is 36.4. The SMILES string of the molecule is CCCCCCCCCCCCN(CCCC(C)[C@H]1CC[C@H]2C3[C@H](OCCC)CC4C[C@H](OCCCN(Cc5ccccc5)Cc5ccccc5)CCC4(C)[C@H]3C[C@H](OCCCN(Cc3ccccc3)Cc3ccccc3)[C@]12C)C(=O)OCc1ccccc1. The number of nitrogens with zero attached hydrogens (tertiary/aromatic N) is 3. The predicted molar refractivity (Wildman–Crippen MR) is 367 cm³/mol. The molecule has 4 aliphatic carbocycles. The van der Waals surface area contributed by atoms with Gasteiger partial charge in [0.1, 0.15) is 6.61 Å². The average Bonchev–Trinajstić information content (AvgIpc) is 1.69. The Morgan fingerprint density at radius 1 is 0.494 bits per heavy atom. The molecule has 0 bridgehead atoms. The zero-order valence-electron chi connectivity index (χ0n) is 56.1. The van der Waals surface area contributed by atoms with Crippen molar-refractivity contribution in [3.05, 3.63) is 179 Å². The first-order chi connectivity index (χ1) is 43.6. The number of fused-ring (bicyclic) bond motifs is 5. The van der Waals surface area contributed by atoms with Crippen molar-refractivity contribution in [3.8, 4) is 0 Å². The summed E-state index contributed by atoms with van der Waals surface area (Å²) in [6.45, 7) is 22.5. The third-order valence-corrected chi connectivity index (χ3v) is 22.2. The van der Waals surface area contributed by atoms with Crippen LogP contribution in [0.3, 0.4) is 0 Å². The zero-order valence-corrected chi connectivity index (χ0v) is 56.1. The molecule has 1 amide bonds. The van der Waals surface area contributed by atoms with Gasteiger partial charge >= 0.3 is 6.09 Å². The molecule has 8 heteroatoms. The van der Waals surface area contributed by atoms with Gasteiger partial charge in [0.25, 0.3) is 0 Å². The minimum Gasteiger partial charge on any atom is -0.445 e. The third-order valence-electron chi connectivity index (χ3n) is 22.2. The molecule has 5 aromatic rings. The van der Waals surface area contributed by atoms with E-state index in [0.29, 0.717) is 42.1 Å². The van der Waals surface area contributed by atoms with Gasteiger partial charge in [-0.25, -0.2) is 4.79 Å². The Labute approximate surface area is 540 Å². The largest absolute Gasteiger partial charge is 0.445 e. The first kappa shape index (κ1) is 68.5. The van der Waals surface area contributed by atoms with Gasteiger partial charge in [-0.2, -0.15) is 0 Å². The second-order valence-electron chi connectivity index (χ2n) is 28.4. The number of carbonyl (C=O) groups is 1. The topological polar surface area (TPSA) is 63.7 Å². The number of carbonyl (C=O) groups excluding carboxylic acids is 1. The number of hydrogen-bond acceptors (Lipinski definition) is 7. The molecule has 0 aromatic heterocycles. The number of ether oxygens (including phenoxy) is 4. The summed E-state index contributed by atoms with van der Waals surface area (Å²) in [6, 6.07) is 54.1. The fourth-order valence-corrected chi connectivity index (χ4v) is 17.5. The van der Waals surface area contributed by atoms with Crippen LogP contribution in [-0.2, 0) is 51.7 Å². The van der Waals surface area contributed by atoms with Gasteiger partial charge in [0.15, 0.2) is 0 Å². The van der Waals surface area contributed by atoms with Gasteiger partial charge in [-0.05, 0) is 152 Å². The first-order valence-electron chi connectivity index (χ1n) is 36.0. The van der Waals surface area contributed by atoms with Crippen LogP contribution >= 0.6 is 0 Å². The summed E-state index contributed by atoms with van der Waals surface area (Å²) >= 11 is 0. The number of unbranched alkanes of at least 4 members (excludes halogenated alkanes) is 9. The molecule has 11 atom stereocenters. The number of rotatable bonds is 39. The van der Waals surface area contributed by atoms with Gasteiger partial charge < -0.3 is 23.8 Å². The van der Waals surface area contributed by atoms with Crippen LogP contribution in [-0.4, -0.2) is 85.1 Å². The predicted octanol–water partition coefficient (Wildman–Crippen LogP) is 19.6. The van der Waals surface area contributed by atoms with E-state index in [0.717, 1.165) is 142 Å². The molecule has 9 rings (SSSR count). The lowest BCUT2D eigenvalue weighted by atomic mass is 9.43. The van der Waals surface area contributed by atoms with Crippen molar-refractivity contribution >= 4 is 6.09 Å². The van der Waals surface area contributed by atoms with E-state index in [1.165, 1.54) is 99.3 Å². The van der Waals surface area contributed by atoms with Crippen molar-refractivity contribution < 1.29 is 23.7 Å². The number of hydrogen-bond donors (Lipinski definition) is 0. The van der Waals surface area contributed by atoms with Crippen molar-refractivity contribution in [1.82, 2.24) is 14.7 Å². The van der Waals surface area contributed by atoms with Crippen molar-refractivity contribution in [2.24, 2.45) is 46.3 Å². The van der Waals surface area contributed by atoms with Crippen LogP contribution < -0.4 is 0 Å². The van der Waals surface area contributed by atoms with Crippen LogP contribution in [0.2, 0.25) is 0 Å². The van der Waals surface area contributed by atoms with Crippen molar-refractivity contribution in [2.75, 3.05) is 46.0 Å². The monoisotopic (exact) mass is 1210 g/mol. The summed E-state index contributed by atoms with van der Waals surface area (Å²) in [5.41, 5.74) is 6.70. The van der Waals surface area contributed by atoms with Crippen LogP contribution in [0.5, 0.6) is 0 Å². The Hall–Kier alpha value is -4.83. The van der Waals surface area contributed by atoms with E-state index in [1.807, 2.05) is 18.2 Å². The number of amides is 1. The molecule has 486 valence electrons. The van der Waals surface area contributed by atoms with Crippen molar-refractivity contribution in [1.29, 1.82) is 0 Å². The van der Waals surface area contributed by atoms with Gasteiger partial charge in [-0.15, -0.1) is 0 Å². The minimum atomic E-state index is -0.161. The molecule has 4 saturated carbocycles. The van der Waals surface area contributed by atoms with Crippen LogP contribution in [0.15, 0.2) is 152 Å². The highest BCUT2D eigenvalue weighted by atomic mass is 16.6. The Balaban J connectivity index is 0.884. The number of benzene rings is 5. The van der Waals surface area contributed by atoms with Crippen molar-refractivity contribution in [2.45, 2.75) is 227 Å². The fourth-order valence-electron chi connectivity index (χ4n) is 17.5. The third kappa shape index (κ3) is 20.1. The van der Waals surface area contributed by atoms with Gasteiger partial charge in [0, 0.05) is 77.6 Å². The van der Waals surface area contributed by atoms with Crippen LogP contribution in [0.25, 0.3) is 0 Å². The standard InChI is InChI=1S/C81H117N3O5/c1-6-8-9-10-11-12-13-14-15-31-52-84(79(85)89-64-70-44-29-20-30-45-70)53-32-35-65(3)73-46-47-74-78-75(59-77(81(73,74)5)88-56-34-51-83(62-68-40-25-18-26-41-68)63-69-42-27-19-28-43-69)80(4)49-48-72(57-71(80)58-76(78)87-54-7-2)86-55-33-50-82(60-66-36-21-16-22-37-66)61-67-38-23-17-24-39-67/h16-30,36-45,65,71-78H,6-15,31-35,46-64H2,1-5H3/t65?,71?,72-,73-,74+,75+,76-,77+,78?,80?,81-/m1/s1. The van der Waals surface area contributed by atoms with E-state index in [9.17, 15) is 4.79 Å². The van der Waals surface area contributed by atoms with E-state index < -0.39 is 0 Å². The molecule has 0 aliphatic heterocycles. The molecule has 0 radical (unpaired) electrons. The molecule has 5 aromatic carbocycles. The Bertz CT molecular complexity index is 2620. The zero-order chi connectivity index (χ0) is 61.9. The summed E-state index contributed by atoms with van der Waals surface area (Å²) in [5, 5.41) is 0. The van der Waals surface area contributed by atoms with Crippen LogP contribution in [0.4, 0.5) is 4.79 Å². The van der Waals surface area contributed by atoms with E-state index >= 15 is 0 Å².